The molecule has 1 unspecified atom stereocenters. The quantitative estimate of drug-likeness (QED) is 0.515. The van der Waals surface area contributed by atoms with Gasteiger partial charge < -0.3 is 9.47 Å². The Morgan fingerprint density at radius 3 is 2.72 bits per heavy atom. The molecule has 1 amide bonds. The van der Waals surface area contributed by atoms with Crippen LogP contribution in [0.2, 0.25) is 0 Å². The van der Waals surface area contributed by atoms with E-state index in [-0.39, 0.29) is 11.9 Å². The number of carbonyl (C=O) groups excluding carboxylic acids is 1. The predicted molar refractivity (Wildman–Crippen MR) is 116 cm³/mol. The first kappa shape index (κ1) is 18.9. The van der Waals surface area contributed by atoms with E-state index in [1.807, 2.05) is 6.07 Å². The lowest BCUT2D eigenvalue weighted by atomic mass is 10.2. The highest BCUT2D eigenvalue weighted by Crippen LogP contribution is 2.40. The molecule has 1 atom stereocenters. The molecule has 1 aliphatic carbocycles. The van der Waals surface area contributed by atoms with Crippen LogP contribution >= 0.6 is 23.1 Å². The Kier molecular flexibility index (Phi) is 5.42. The Hall–Kier alpha value is -2.12. The Balaban J connectivity index is 1.30. The van der Waals surface area contributed by atoms with Crippen molar-refractivity contribution in [1.82, 2.24) is 19.7 Å². The van der Waals surface area contributed by atoms with E-state index in [1.165, 1.54) is 35.0 Å². The van der Waals surface area contributed by atoms with Gasteiger partial charge in [-0.25, -0.2) is 0 Å². The zero-order valence-electron chi connectivity index (χ0n) is 16.2. The number of likely N-dealkylation sites (tertiary alicyclic amines) is 1. The van der Waals surface area contributed by atoms with E-state index in [1.54, 1.807) is 11.3 Å². The Morgan fingerprint density at radius 2 is 1.97 bits per heavy atom. The van der Waals surface area contributed by atoms with E-state index in [9.17, 15) is 4.79 Å². The van der Waals surface area contributed by atoms with Gasteiger partial charge in [-0.05, 0) is 42.7 Å². The minimum atomic E-state index is 0.202. The number of thioether (sulfide) groups is 1. The van der Waals surface area contributed by atoms with E-state index in [0.29, 0.717) is 11.7 Å². The number of thiophene rings is 1. The zero-order chi connectivity index (χ0) is 19.6. The molecule has 0 bridgehead atoms. The molecule has 2 aliphatic rings. The number of hydrogen-bond acceptors (Lipinski definition) is 5. The van der Waals surface area contributed by atoms with Crippen LogP contribution in [0.4, 0.5) is 0 Å². The van der Waals surface area contributed by atoms with E-state index in [2.05, 4.69) is 61.4 Å². The molecule has 150 valence electrons. The van der Waals surface area contributed by atoms with Gasteiger partial charge in [-0.15, -0.1) is 21.5 Å². The number of amides is 1. The van der Waals surface area contributed by atoms with Crippen molar-refractivity contribution in [2.45, 2.75) is 49.3 Å². The molecule has 1 aliphatic heterocycles. The van der Waals surface area contributed by atoms with Crippen LogP contribution in [0.15, 0.2) is 53.0 Å². The summed E-state index contributed by atoms with van der Waals surface area (Å²) in [6.45, 7) is 1.61. The third-order valence-corrected chi connectivity index (χ3v) is 7.57. The highest BCUT2D eigenvalue weighted by Gasteiger charge is 2.32. The third kappa shape index (κ3) is 4.12. The summed E-state index contributed by atoms with van der Waals surface area (Å²) in [4.78, 5) is 16.3. The molecular formula is C22H24N4OS2. The topological polar surface area (TPSA) is 51.0 Å². The average Bonchev–Trinajstić information content (AvgIpc) is 3.15. The molecule has 2 aromatic heterocycles. The van der Waals surface area contributed by atoms with Gasteiger partial charge in [-0.1, -0.05) is 48.2 Å². The van der Waals surface area contributed by atoms with Gasteiger partial charge in [0.05, 0.1) is 18.3 Å². The molecule has 1 saturated heterocycles. The maximum atomic E-state index is 13.0. The fourth-order valence-electron chi connectivity index (χ4n) is 4.02. The lowest BCUT2D eigenvalue weighted by Gasteiger charge is -2.23. The smallest absolute Gasteiger partial charge is 0.233 e. The molecule has 2 fully saturated rings. The normalized spacial score (nSPS) is 19.0. The van der Waals surface area contributed by atoms with Crippen molar-refractivity contribution in [1.29, 1.82) is 0 Å². The Bertz CT molecular complexity index is 966. The van der Waals surface area contributed by atoms with Crippen molar-refractivity contribution < 1.29 is 4.79 Å². The summed E-state index contributed by atoms with van der Waals surface area (Å²) in [6.07, 6.45) is 4.52. The van der Waals surface area contributed by atoms with Gasteiger partial charge >= 0.3 is 0 Å². The Morgan fingerprint density at radius 1 is 1.10 bits per heavy atom. The number of benzene rings is 1. The highest BCUT2D eigenvalue weighted by molar-refractivity contribution is 7.99. The summed E-state index contributed by atoms with van der Waals surface area (Å²) in [7, 11) is 0. The molecule has 0 radical (unpaired) electrons. The predicted octanol–water partition coefficient (Wildman–Crippen LogP) is 4.72. The fourth-order valence-corrected chi connectivity index (χ4v) is 5.72. The summed E-state index contributed by atoms with van der Waals surface area (Å²) >= 11 is 3.27. The molecule has 29 heavy (non-hydrogen) atoms. The second-order valence-electron chi connectivity index (χ2n) is 7.74. The second-order valence-corrected chi connectivity index (χ2v) is 9.66. The summed E-state index contributed by atoms with van der Waals surface area (Å²) < 4.78 is 2.21. The first-order valence-corrected chi connectivity index (χ1v) is 12.1. The molecule has 1 saturated carbocycles. The van der Waals surface area contributed by atoms with Crippen LogP contribution in [0.3, 0.4) is 0 Å². The minimum Gasteiger partial charge on any atom is -0.334 e. The monoisotopic (exact) mass is 424 g/mol. The van der Waals surface area contributed by atoms with Gasteiger partial charge in [-0.3, -0.25) is 4.79 Å². The lowest BCUT2D eigenvalue weighted by molar-refractivity contribution is -0.129. The molecule has 0 spiro atoms. The van der Waals surface area contributed by atoms with Crippen molar-refractivity contribution in [3.05, 3.63) is 64.1 Å². The van der Waals surface area contributed by atoms with Crippen LogP contribution in [0, 0.1) is 0 Å². The van der Waals surface area contributed by atoms with Crippen LogP contribution in [0.5, 0.6) is 0 Å². The van der Waals surface area contributed by atoms with Crippen LogP contribution in [-0.4, -0.2) is 37.9 Å². The van der Waals surface area contributed by atoms with Crippen molar-refractivity contribution in [3.63, 3.8) is 0 Å². The standard InChI is InChI=1S/C22H24N4OS2/c27-20(25-12-4-8-18(25)19-9-5-13-28-19)15-29-22-24-23-21(17-10-11-17)26(22)14-16-6-2-1-3-7-16/h1-3,5-7,9,13,17-18H,4,8,10-12,14-15H2. The van der Waals surface area contributed by atoms with Crippen molar-refractivity contribution >= 4 is 29.0 Å². The fraction of sp³-hybridized carbons (Fsp3) is 0.409. The maximum Gasteiger partial charge on any atom is 0.233 e. The first-order chi connectivity index (χ1) is 14.3. The minimum absolute atomic E-state index is 0.202. The number of aromatic nitrogens is 3. The summed E-state index contributed by atoms with van der Waals surface area (Å²) in [5.74, 6) is 2.21. The van der Waals surface area contributed by atoms with E-state index in [4.69, 9.17) is 0 Å². The number of nitrogens with zero attached hydrogens (tertiary/aromatic N) is 4. The zero-order valence-corrected chi connectivity index (χ0v) is 17.9. The van der Waals surface area contributed by atoms with Gasteiger partial charge in [0.1, 0.15) is 5.82 Å². The van der Waals surface area contributed by atoms with E-state index >= 15 is 0 Å². The maximum absolute atomic E-state index is 13.0. The van der Waals surface area contributed by atoms with Crippen molar-refractivity contribution in [2.24, 2.45) is 0 Å². The van der Waals surface area contributed by atoms with Crippen molar-refractivity contribution in [2.75, 3.05) is 12.3 Å². The number of rotatable bonds is 7. The van der Waals surface area contributed by atoms with Crippen LogP contribution in [0.25, 0.3) is 0 Å². The molecule has 3 heterocycles. The molecular weight excluding hydrogens is 400 g/mol. The third-order valence-electron chi connectivity index (χ3n) is 5.64. The highest BCUT2D eigenvalue weighted by atomic mass is 32.2. The number of hydrogen-bond donors (Lipinski definition) is 0. The summed E-state index contributed by atoms with van der Waals surface area (Å²) in [5.41, 5.74) is 1.24. The SMILES string of the molecule is O=C(CSc1nnc(C2CC2)n1Cc1ccccc1)N1CCCC1c1cccs1. The van der Waals surface area contributed by atoms with Crippen LogP contribution < -0.4 is 0 Å². The van der Waals surface area contributed by atoms with Gasteiger partial charge in [0.25, 0.3) is 0 Å². The van der Waals surface area contributed by atoms with Gasteiger partial charge in [-0.2, -0.15) is 0 Å². The first-order valence-electron chi connectivity index (χ1n) is 10.2. The summed E-state index contributed by atoms with van der Waals surface area (Å²) in [6, 6.07) is 14.9. The van der Waals surface area contributed by atoms with Crippen LogP contribution in [0.1, 0.15) is 53.9 Å². The molecule has 5 nitrogen and oxygen atoms in total. The molecule has 3 aromatic rings. The van der Waals surface area contributed by atoms with Gasteiger partial charge in [0.2, 0.25) is 5.91 Å². The molecule has 1 aromatic carbocycles. The van der Waals surface area contributed by atoms with Crippen LogP contribution in [-0.2, 0) is 11.3 Å². The molecule has 5 rings (SSSR count). The lowest BCUT2D eigenvalue weighted by Crippen LogP contribution is -2.31. The second kappa shape index (κ2) is 8.32. The molecule has 7 heteroatoms. The largest absolute Gasteiger partial charge is 0.334 e. The van der Waals surface area contributed by atoms with Gasteiger partial charge in [0.15, 0.2) is 5.16 Å². The van der Waals surface area contributed by atoms with Gasteiger partial charge in [0, 0.05) is 17.3 Å². The Labute approximate surface area is 179 Å². The van der Waals surface area contributed by atoms with Crippen molar-refractivity contribution in [3.8, 4) is 0 Å². The summed E-state index contributed by atoms with van der Waals surface area (Å²) in [5, 5.41) is 11.9. The average molecular weight is 425 g/mol. The van der Waals surface area contributed by atoms with E-state index in [0.717, 1.165) is 36.9 Å². The van der Waals surface area contributed by atoms with E-state index < -0.39 is 0 Å². The number of carbonyl (C=O) groups is 1. The molecule has 0 N–H and O–H groups in total.